The third-order valence-electron chi connectivity index (χ3n) is 4.13. The molecular formula is C14H29N. The number of rotatable bonds is 4. The van der Waals surface area contributed by atoms with Crippen LogP contribution in [0.1, 0.15) is 60.3 Å². The average molecular weight is 211 g/mol. The number of nitrogens with zero attached hydrogens (tertiary/aromatic N) is 1. The van der Waals surface area contributed by atoms with Crippen LogP contribution < -0.4 is 0 Å². The maximum Gasteiger partial charge on any atom is 0.0101 e. The van der Waals surface area contributed by atoms with E-state index >= 15 is 0 Å². The molecule has 0 radical (unpaired) electrons. The van der Waals surface area contributed by atoms with Gasteiger partial charge in [-0.1, -0.05) is 33.6 Å². The van der Waals surface area contributed by atoms with E-state index in [1.165, 1.54) is 32.2 Å². The Kier molecular flexibility index (Phi) is 5.11. The normalized spacial score (nSPS) is 28.0. The van der Waals surface area contributed by atoms with Crippen molar-refractivity contribution in [1.29, 1.82) is 0 Å². The van der Waals surface area contributed by atoms with Crippen molar-refractivity contribution in [2.75, 3.05) is 6.54 Å². The number of hydrogen-bond donors (Lipinski definition) is 0. The molecule has 0 aromatic rings. The first-order valence-corrected chi connectivity index (χ1v) is 6.82. The second-order valence-electron chi connectivity index (χ2n) is 5.75. The molecule has 90 valence electrons. The largest absolute Gasteiger partial charge is 0.298 e. The Morgan fingerprint density at radius 1 is 1.13 bits per heavy atom. The third-order valence-corrected chi connectivity index (χ3v) is 4.13. The fraction of sp³-hybridized carbons (Fsp3) is 1.00. The van der Waals surface area contributed by atoms with Crippen LogP contribution in [0.4, 0.5) is 0 Å². The molecule has 1 nitrogen and oxygen atoms in total. The standard InChI is InChI=1S/C14H29N/c1-6-15(12(4)5)14-9-7-8-13(10-14)11(2)3/h11-14H,6-10H2,1-5H3. The minimum absolute atomic E-state index is 0.714. The van der Waals surface area contributed by atoms with Crippen LogP contribution in [0.15, 0.2) is 0 Å². The van der Waals surface area contributed by atoms with Crippen molar-refractivity contribution in [3.05, 3.63) is 0 Å². The van der Waals surface area contributed by atoms with Gasteiger partial charge in [0.05, 0.1) is 0 Å². The van der Waals surface area contributed by atoms with Gasteiger partial charge < -0.3 is 0 Å². The van der Waals surface area contributed by atoms with Gasteiger partial charge in [0.25, 0.3) is 0 Å². The van der Waals surface area contributed by atoms with Gasteiger partial charge in [-0.05, 0) is 45.1 Å². The van der Waals surface area contributed by atoms with Crippen molar-refractivity contribution in [1.82, 2.24) is 4.90 Å². The Labute approximate surface area is 96.2 Å². The average Bonchev–Trinajstić information content (AvgIpc) is 2.18. The number of hydrogen-bond acceptors (Lipinski definition) is 1. The van der Waals surface area contributed by atoms with Crippen LogP contribution in [0.5, 0.6) is 0 Å². The smallest absolute Gasteiger partial charge is 0.0101 e. The molecule has 2 unspecified atom stereocenters. The fourth-order valence-electron chi connectivity index (χ4n) is 3.15. The molecule has 1 aliphatic rings. The van der Waals surface area contributed by atoms with Crippen molar-refractivity contribution in [3.8, 4) is 0 Å². The maximum atomic E-state index is 2.69. The van der Waals surface area contributed by atoms with Gasteiger partial charge in [0, 0.05) is 12.1 Å². The van der Waals surface area contributed by atoms with Gasteiger partial charge in [-0.25, -0.2) is 0 Å². The van der Waals surface area contributed by atoms with E-state index in [4.69, 9.17) is 0 Å². The molecule has 0 aromatic carbocycles. The Morgan fingerprint density at radius 3 is 2.27 bits per heavy atom. The van der Waals surface area contributed by atoms with E-state index in [0.717, 1.165) is 17.9 Å². The minimum Gasteiger partial charge on any atom is -0.298 e. The van der Waals surface area contributed by atoms with Crippen LogP contribution in [-0.2, 0) is 0 Å². The summed E-state index contributed by atoms with van der Waals surface area (Å²) in [5, 5.41) is 0. The zero-order chi connectivity index (χ0) is 11.4. The summed E-state index contributed by atoms with van der Waals surface area (Å²) < 4.78 is 0. The molecule has 1 heteroatoms. The Bertz CT molecular complexity index is 174. The molecule has 0 spiro atoms. The highest BCUT2D eigenvalue weighted by Crippen LogP contribution is 2.32. The minimum atomic E-state index is 0.714. The Morgan fingerprint density at radius 2 is 1.80 bits per heavy atom. The highest BCUT2D eigenvalue weighted by Gasteiger charge is 2.28. The van der Waals surface area contributed by atoms with E-state index in [-0.39, 0.29) is 0 Å². The third kappa shape index (κ3) is 3.48. The first kappa shape index (κ1) is 13.0. The zero-order valence-corrected chi connectivity index (χ0v) is 11.3. The Balaban J connectivity index is 2.54. The van der Waals surface area contributed by atoms with E-state index in [1.54, 1.807) is 0 Å². The second kappa shape index (κ2) is 5.89. The molecule has 1 rings (SSSR count). The quantitative estimate of drug-likeness (QED) is 0.681. The summed E-state index contributed by atoms with van der Waals surface area (Å²) in [5.41, 5.74) is 0. The van der Waals surface area contributed by atoms with Crippen molar-refractivity contribution in [3.63, 3.8) is 0 Å². The molecule has 15 heavy (non-hydrogen) atoms. The lowest BCUT2D eigenvalue weighted by Gasteiger charge is -2.40. The van der Waals surface area contributed by atoms with Gasteiger partial charge in [-0.3, -0.25) is 4.90 Å². The molecule has 0 aromatic heterocycles. The lowest BCUT2D eigenvalue weighted by atomic mass is 9.78. The lowest BCUT2D eigenvalue weighted by molar-refractivity contribution is 0.0927. The molecule has 1 fully saturated rings. The predicted octanol–water partition coefficient (Wildman–Crippen LogP) is 3.93. The molecule has 0 saturated heterocycles. The van der Waals surface area contributed by atoms with Crippen LogP contribution in [0, 0.1) is 11.8 Å². The van der Waals surface area contributed by atoms with Crippen molar-refractivity contribution < 1.29 is 0 Å². The van der Waals surface area contributed by atoms with Crippen LogP contribution in [0.2, 0.25) is 0 Å². The van der Waals surface area contributed by atoms with Crippen molar-refractivity contribution in [2.24, 2.45) is 11.8 Å². The van der Waals surface area contributed by atoms with Gasteiger partial charge in [-0.2, -0.15) is 0 Å². The van der Waals surface area contributed by atoms with E-state index < -0.39 is 0 Å². The summed E-state index contributed by atoms with van der Waals surface area (Å²) in [6.45, 7) is 13.0. The Hall–Kier alpha value is -0.0400. The van der Waals surface area contributed by atoms with E-state index in [2.05, 4.69) is 39.5 Å². The van der Waals surface area contributed by atoms with Crippen LogP contribution in [0.3, 0.4) is 0 Å². The zero-order valence-electron chi connectivity index (χ0n) is 11.3. The summed E-state index contributed by atoms with van der Waals surface area (Å²) in [6, 6.07) is 1.57. The topological polar surface area (TPSA) is 3.24 Å². The van der Waals surface area contributed by atoms with Gasteiger partial charge in [0.2, 0.25) is 0 Å². The first-order chi connectivity index (χ1) is 7.06. The molecule has 0 heterocycles. The highest BCUT2D eigenvalue weighted by molar-refractivity contribution is 4.82. The van der Waals surface area contributed by atoms with Crippen LogP contribution in [0.25, 0.3) is 0 Å². The highest BCUT2D eigenvalue weighted by atomic mass is 15.2. The van der Waals surface area contributed by atoms with Gasteiger partial charge in [-0.15, -0.1) is 0 Å². The predicted molar refractivity (Wildman–Crippen MR) is 68.1 cm³/mol. The summed E-state index contributed by atoms with van der Waals surface area (Å²) >= 11 is 0. The van der Waals surface area contributed by atoms with Gasteiger partial charge in [0.15, 0.2) is 0 Å². The first-order valence-electron chi connectivity index (χ1n) is 6.82. The van der Waals surface area contributed by atoms with Gasteiger partial charge >= 0.3 is 0 Å². The second-order valence-corrected chi connectivity index (χ2v) is 5.75. The summed E-state index contributed by atoms with van der Waals surface area (Å²) in [4.78, 5) is 2.69. The lowest BCUT2D eigenvalue weighted by Crippen LogP contribution is -2.43. The van der Waals surface area contributed by atoms with Crippen molar-refractivity contribution in [2.45, 2.75) is 72.4 Å². The van der Waals surface area contributed by atoms with E-state index in [0.29, 0.717) is 6.04 Å². The van der Waals surface area contributed by atoms with Gasteiger partial charge in [0.1, 0.15) is 0 Å². The summed E-state index contributed by atoms with van der Waals surface area (Å²) in [7, 11) is 0. The molecule has 0 aliphatic heterocycles. The molecule has 0 bridgehead atoms. The van der Waals surface area contributed by atoms with Crippen LogP contribution in [-0.4, -0.2) is 23.5 Å². The van der Waals surface area contributed by atoms with E-state index in [9.17, 15) is 0 Å². The maximum absolute atomic E-state index is 2.69. The molecule has 0 amide bonds. The summed E-state index contributed by atoms with van der Waals surface area (Å²) in [6.07, 6.45) is 5.76. The SMILES string of the molecule is CCN(C(C)C)C1CCCC(C(C)C)C1. The molecule has 1 aliphatic carbocycles. The molecule has 1 saturated carbocycles. The summed E-state index contributed by atoms with van der Waals surface area (Å²) in [5.74, 6) is 1.84. The van der Waals surface area contributed by atoms with Crippen molar-refractivity contribution >= 4 is 0 Å². The van der Waals surface area contributed by atoms with Crippen LogP contribution >= 0.6 is 0 Å². The van der Waals surface area contributed by atoms with E-state index in [1.807, 2.05) is 0 Å². The monoisotopic (exact) mass is 211 g/mol. The molecule has 2 atom stereocenters. The fourth-order valence-corrected chi connectivity index (χ4v) is 3.15. The molecular weight excluding hydrogens is 182 g/mol. The molecule has 0 N–H and O–H groups in total.